The molecule has 3 amide bonds. The molecule has 0 radical (unpaired) electrons. The van der Waals surface area contributed by atoms with Gasteiger partial charge in [-0.15, -0.1) is 0 Å². The first kappa shape index (κ1) is 15.1. The first-order valence-corrected chi connectivity index (χ1v) is 8.13. The van der Waals surface area contributed by atoms with Gasteiger partial charge in [-0.25, -0.2) is 4.39 Å². The average Bonchev–Trinajstić information content (AvgIpc) is 3.20. The number of rotatable bonds is 4. The maximum Gasteiger partial charge on any atom is 0.233 e. The summed E-state index contributed by atoms with van der Waals surface area (Å²) < 4.78 is 13.1. The molecule has 4 rings (SSSR count). The Bertz CT molecular complexity index is 730. The number of carbonyl (C=O) groups excluding carboxylic acids is 3. The first-order valence-electron chi connectivity index (χ1n) is 8.13. The van der Waals surface area contributed by atoms with E-state index in [0.29, 0.717) is 5.69 Å². The number of halogens is 1. The SMILES string of the molecule is O=C(CCN1C(=O)[C@@H]2[C@@H](C1=O)[C@H]1C=C[C@H]2C1)Nc1cccc(F)c1. The van der Waals surface area contributed by atoms with Crippen LogP contribution in [0.2, 0.25) is 0 Å². The van der Waals surface area contributed by atoms with E-state index in [1.165, 1.54) is 23.1 Å². The van der Waals surface area contributed by atoms with Gasteiger partial charge in [0.15, 0.2) is 0 Å². The standard InChI is InChI=1S/C18H17FN2O3/c19-12-2-1-3-13(9-12)20-14(22)6-7-21-17(23)15-10-4-5-11(8-10)16(15)18(21)24/h1-5,9-11,15-16H,6-8H2,(H,20,22)/t10-,11-,15-,16-/m0/s1. The molecule has 0 unspecified atom stereocenters. The zero-order valence-electron chi connectivity index (χ0n) is 12.9. The minimum atomic E-state index is -0.437. The van der Waals surface area contributed by atoms with Crippen LogP contribution in [0.15, 0.2) is 36.4 Å². The van der Waals surface area contributed by atoms with Crippen LogP contribution in [-0.2, 0) is 14.4 Å². The molecular formula is C18H17FN2O3. The van der Waals surface area contributed by atoms with E-state index in [1.54, 1.807) is 6.07 Å². The summed E-state index contributed by atoms with van der Waals surface area (Å²) in [5, 5.41) is 2.58. The topological polar surface area (TPSA) is 66.5 Å². The molecule has 1 N–H and O–H groups in total. The fraction of sp³-hybridized carbons (Fsp3) is 0.389. The van der Waals surface area contributed by atoms with Crippen LogP contribution in [0.25, 0.3) is 0 Å². The maximum atomic E-state index is 13.1. The summed E-state index contributed by atoms with van der Waals surface area (Å²) in [5.41, 5.74) is 0.359. The van der Waals surface area contributed by atoms with Crippen molar-refractivity contribution >= 4 is 23.4 Å². The number of hydrogen-bond donors (Lipinski definition) is 1. The smallest absolute Gasteiger partial charge is 0.233 e. The summed E-state index contributed by atoms with van der Waals surface area (Å²) in [6, 6.07) is 5.60. The fourth-order valence-electron chi connectivity index (χ4n) is 4.19. The molecular weight excluding hydrogens is 311 g/mol. The van der Waals surface area contributed by atoms with Crippen LogP contribution in [0, 0.1) is 29.5 Å². The van der Waals surface area contributed by atoms with Gasteiger partial charge in [0.1, 0.15) is 5.82 Å². The van der Waals surface area contributed by atoms with Crippen molar-refractivity contribution in [2.24, 2.45) is 23.7 Å². The highest BCUT2D eigenvalue weighted by Gasteiger charge is 2.58. The van der Waals surface area contributed by atoms with Crippen molar-refractivity contribution in [2.75, 3.05) is 11.9 Å². The zero-order chi connectivity index (χ0) is 16.8. The molecule has 1 heterocycles. The lowest BCUT2D eigenvalue weighted by Gasteiger charge is -2.16. The third-order valence-electron chi connectivity index (χ3n) is 5.23. The number of nitrogens with zero attached hydrogens (tertiary/aromatic N) is 1. The summed E-state index contributed by atoms with van der Waals surface area (Å²) >= 11 is 0. The van der Waals surface area contributed by atoms with Crippen molar-refractivity contribution in [1.29, 1.82) is 0 Å². The molecule has 3 aliphatic rings. The summed E-state index contributed by atoms with van der Waals surface area (Å²) in [7, 11) is 0. The van der Waals surface area contributed by atoms with Crippen molar-refractivity contribution in [3.8, 4) is 0 Å². The normalized spacial score (nSPS) is 30.1. The van der Waals surface area contributed by atoms with Gasteiger partial charge >= 0.3 is 0 Å². The van der Waals surface area contributed by atoms with E-state index in [0.717, 1.165) is 6.42 Å². The number of benzene rings is 1. The molecule has 2 bridgehead atoms. The van der Waals surface area contributed by atoms with E-state index in [2.05, 4.69) is 5.32 Å². The number of carbonyl (C=O) groups is 3. The quantitative estimate of drug-likeness (QED) is 0.679. The van der Waals surface area contributed by atoms with Crippen LogP contribution in [0.4, 0.5) is 10.1 Å². The fourth-order valence-corrected chi connectivity index (χ4v) is 4.19. The molecule has 4 atom stereocenters. The molecule has 1 aromatic carbocycles. The van der Waals surface area contributed by atoms with E-state index < -0.39 is 5.82 Å². The highest BCUT2D eigenvalue weighted by molar-refractivity contribution is 6.06. The molecule has 5 nitrogen and oxygen atoms in total. The number of amides is 3. The van der Waals surface area contributed by atoms with Gasteiger partial charge in [0.05, 0.1) is 11.8 Å². The van der Waals surface area contributed by atoms with Crippen LogP contribution in [-0.4, -0.2) is 29.2 Å². The van der Waals surface area contributed by atoms with Gasteiger partial charge in [-0.05, 0) is 36.5 Å². The number of likely N-dealkylation sites (tertiary alicyclic amines) is 1. The van der Waals surface area contributed by atoms with Gasteiger partial charge in [0.2, 0.25) is 17.7 Å². The predicted octanol–water partition coefficient (Wildman–Crippen LogP) is 1.96. The Labute approximate surface area is 138 Å². The number of fused-ring (bicyclic) bond motifs is 5. The molecule has 0 spiro atoms. The van der Waals surface area contributed by atoms with E-state index in [4.69, 9.17) is 0 Å². The van der Waals surface area contributed by atoms with E-state index >= 15 is 0 Å². The van der Waals surface area contributed by atoms with Gasteiger partial charge in [-0.1, -0.05) is 18.2 Å². The minimum Gasteiger partial charge on any atom is -0.326 e. The van der Waals surface area contributed by atoms with Gasteiger partial charge in [0.25, 0.3) is 0 Å². The Hall–Kier alpha value is -2.50. The first-order chi connectivity index (χ1) is 11.5. The number of hydrogen-bond acceptors (Lipinski definition) is 3. The second-order valence-electron chi connectivity index (χ2n) is 6.64. The molecule has 1 aliphatic heterocycles. The zero-order valence-corrected chi connectivity index (χ0v) is 12.9. The Morgan fingerprint density at radius 1 is 1.17 bits per heavy atom. The van der Waals surface area contributed by atoms with Crippen molar-refractivity contribution in [1.82, 2.24) is 4.90 Å². The van der Waals surface area contributed by atoms with Gasteiger partial charge in [-0.2, -0.15) is 0 Å². The van der Waals surface area contributed by atoms with Crippen molar-refractivity contribution in [3.05, 3.63) is 42.2 Å². The van der Waals surface area contributed by atoms with Crippen molar-refractivity contribution in [2.45, 2.75) is 12.8 Å². The highest BCUT2D eigenvalue weighted by Crippen LogP contribution is 2.52. The molecule has 1 aromatic rings. The van der Waals surface area contributed by atoms with E-state index in [1.807, 2.05) is 12.2 Å². The average molecular weight is 328 g/mol. The van der Waals surface area contributed by atoms with Crippen LogP contribution >= 0.6 is 0 Å². The number of allylic oxidation sites excluding steroid dienone is 2. The number of anilines is 1. The second-order valence-corrected chi connectivity index (χ2v) is 6.64. The molecule has 1 saturated carbocycles. The van der Waals surface area contributed by atoms with Crippen molar-refractivity contribution < 1.29 is 18.8 Å². The molecule has 1 saturated heterocycles. The maximum absolute atomic E-state index is 13.1. The lowest BCUT2D eigenvalue weighted by atomic mass is 9.85. The lowest BCUT2D eigenvalue weighted by Crippen LogP contribution is -2.35. The lowest BCUT2D eigenvalue weighted by molar-refractivity contribution is -0.140. The van der Waals surface area contributed by atoms with Crippen LogP contribution in [0.3, 0.4) is 0 Å². The summed E-state index contributed by atoms with van der Waals surface area (Å²) in [6.45, 7) is 0.0747. The monoisotopic (exact) mass is 328 g/mol. The van der Waals surface area contributed by atoms with Crippen LogP contribution in [0.5, 0.6) is 0 Å². The summed E-state index contributed by atoms with van der Waals surface area (Å²) in [5.74, 6) is -1.23. The third-order valence-corrected chi connectivity index (χ3v) is 5.23. The Balaban J connectivity index is 1.37. The Morgan fingerprint density at radius 3 is 2.46 bits per heavy atom. The molecule has 2 fully saturated rings. The summed E-state index contributed by atoms with van der Waals surface area (Å²) in [6.07, 6.45) is 4.98. The number of nitrogens with one attached hydrogen (secondary N) is 1. The predicted molar refractivity (Wildman–Crippen MR) is 84.1 cm³/mol. The molecule has 24 heavy (non-hydrogen) atoms. The minimum absolute atomic E-state index is 0.0101. The summed E-state index contributed by atoms with van der Waals surface area (Å²) in [4.78, 5) is 38.2. The second kappa shape index (κ2) is 5.54. The number of imide groups is 1. The van der Waals surface area contributed by atoms with Crippen LogP contribution < -0.4 is 5.32 Å². The molecule has 2 aliphatic carbocycles. The molecule has 6 heteroatoms. The Morgan fingerprint density at radius 2 is 1.83 bits per heavy atom. The van der Waals surface area contributed by atoms with Crippen LogP contribution in [0.1, 0.15) is 12.8 Å². The van der Waals surface area contributed by atoms with E-state index in [-0.39, 0.29) is 54.4 Å². The third kappa shape index (κ3) is 2.33. The van der Waals surface area contributed by atoms with Gasteiger partial charge in [0, 0.05) is 18.7 Å². The van der Waals surface area contributed by atoms with E-state index in [9.17, 15) is 18.8 Å². The molecule has 0 aromatic heterocycles. The molecule has 124 valence electrons. The highest BCUT2D eigenvalue weighted by atomic mass is 19.1. The largest absolute Gasteiger partial charge is 0.326 e. The van der Waals surface area contributed by atoms with Gasteiger partial charge in [-0.3, -0.25) is 19.3 Å². The van der Waals surface area contributed by atoms with Gasteiger partial charge < -0.3 is 5.32 Å². The Kier molecular flexibility index (Phi) is 3.48. The van der Waals surface area contributed by atoms with Crippen molar-refractivity contribution in [3.63, 3.8) is 0 Å².